The van der Waals surface area contributed by atoms with Crippen molar-refractivity contribution in [3.05, 3.63) is 48.3 Å². The summed E-state index contributed by atoms with van der Waals surface area (Å²) in [6, 6.07) is 2.16. The van der Waals surface area contributed by atoms with Crippen molar-refractivity contribution in [2.75, 3.05) is 0 Å². The number of fused-ring (bicyclic) bond motifs is 1. The molecule has 0 radical (unpaired) electrons. The van der Waals surface area contributed by atoms with Crippen LogP contribution in [0.4, 0.5) is 11.4 Å². The highest BCUT2D eigenvalue weighted by molar-refractivity contribution is 5.95. The van der Waals surface area contributed by atoms with E-state index >= 15 is 0 Å². The Morgan fingerprint density at radius 2 is 1.74 bits per heavy atom. The van der Waals surface area contributed by atoms with E-state index in [4.69, 9.17) is 0 Å². The Morgan fingerprint density at radius 1 is 1.16 bits per heavy atom. The zero-order valence-electron chi connectivity index (χ0n) is 9.45. The number of rotatable bonds is 2. The molecule has 0 aliphatic rings. The van der Waals surface area contributed by atoms with Crippen LogP contribution in [0.25, 0.3) is 11.0 Å². The van der Waals surface area contributed by atoms with Crippen LogP contribution in [0.5, 0.6) is 5.75 Å². The van der Waals surface area contributed by atoms with Gasteiger partial charge in [0.05, 0.1) is 9.85 Å². The maximum atomic E-state index is 11.1. The number of benzene rings is 1. The van der Waals surface area contributed by atoms with Crippen molar-refractivity contribution in [3.8, 4) is 5.75 Å². The van der Waals surface area contributed by atoms with Crippen LogP contribution in [0, 0.1) is 27.2 Å². The Hall–Kier alpha value is -2.97. The molecule has 2 aromatic rings. The van der Waals surface area contributed by atoms with Crippen molar-refractivity contribution < 1.29 is 19.4 Å². The van der Waals surface area contributed by atoms with Gasteiger partial charge in [-0.2, -0.15) is 0 Å². The van der Waals surface area contributed by atoms with Crippen LogP contribution in [-0.4, -0.2) is 15.0 Å². The molecule has 9 nitrogen and oxygen atoms in total. The minimum absolute atomic E-state index is 0.0214. The third kappa shape index (κ3) is 1.76. The maximum Gasteiger partial charge on any atom is 0.360 e. The maximum absolute atomic E-state index is 11.1. The highest BCUT2D eigenvalue weighted by Crippen LogP contribution is 2.44. The van der Waals surface area contributed by atoms with Gasteiger partial charge in [0, 0.05) is 17.0 Å². The van der Waals surface area contributed by atoms with E-state index in [-0.39, 0.29) is 10.9 Å². The standard InChI is InChI=1S/C10H6N2O7/c1-4-5-2-3-6(13)19-10(5)8(12(17)18)9(14)7(4)11(15)16/h2-3,14H,1H3. The minimum atomic E-state index is -1.13. The fourth-order valence-corrected chi connectivity index (χ4v) is 1.81. The fourth-order valence-electron chi connectivity index (χ4n) is 1.81. The summed E-state index contributed by atoms with van der Waals surface area (Å²) in [5.41, 5.74) is -3.15. The van der Waals surface area contributed by atoms with E-state index in [1.165, 1.54) is 13.0 Å². The third-order valence-corrected chi connectivity index (χ3v) is 2.62. The van der Waals surface area contributed by atoms with Gasteiger partial charge in [-0.15, -0.1) is 0 Å². The molecular weight excluding hydrogens is 260 g/mol. The Morgan fingerprint density at radius 3 is 2.26 bits per heavy atom. The zero-order chi connectivity index (χ0) is 14.3. The van der Waals surface area contributed by atoms with Crippen molar-refractivity contribution in [2.45, 2.75) is 6.92 Å². The quantitative estimate of drug-likeness (QED) is 0.495. The number of hydrogen-bond acceptors (Lipinski definition) is 7. The average molecular weight is 266 g/mol. The smallest absolute Gasteiger partial charge is 0.360 e. The summed E-state index contributed by atoms with van der Waals surface area (Å²) in [7, 11) is 0. The number of aryl methyl sites for hydroxylation is 1. The third-order valence-electron chi connectivity index (χ3n) is 2.62. The lowest BCUT2D eigenvalue weighted by Crippen LogP contribution is -2.02. The average Bonchev–Trinajstić information content (AvgIpc) is 2.27. The summed E-state index contributed by atoms with van der Waals surface area (Å²) in [5.74, 6) is -1.13. The number of nitro groups is 2. The molecule has 0 spiro atoms. The molecular formula is C10H6N2O7. The van der Waals surface area contributed by atoms with Gasteiger partial charge < -0.3 is 9.52 Å². The van der Waals surface area contributed by atoms with E-state index < -0.39 is 38.2 Å². The van der Waals surface area contributed by atoms with Gasteiger partial charge >= 0.3 is 17.0 Å². The number of aromatic hydroxyl groups is 1. The first-order valence-corrected chi connectivity index (χ1v) is 4.92. The molecule has 0 atom stereocenters. The molecule has 0 aliphatic carbocycles. The summed E-state index contributed by atoms with van der Waals surface area (Å²) in [4.78, 5) is 30.9. The Balaban J connectivity index is 3.12. The van der Waals surface area contributed by atoms with Crippen LogP contribution in [0.1, 0.15) is 5.56 Å². The van der Waals surface area contributed by atoms with Crippen molar-refractivity contribution >= 4 is 22.3 Å². The second-order valence-corrected chi connectivity index (χ2v) is 3.68. The first-order chi connectivity index (χ1) is 8.84. The second kappa shape index (κ2) is 4.05. The summed E-state index contributed by atoms with van der Waals surface area (Å²) < 4.78 is 4.67. The first kappa shape index (κ1) is 12.5. The van der Waals surface area contributed by atoms with Gasteiger partial charge in [-0.3, -0.25) is 20.2 Å². The van der Waals surface area contributed by atoms with E-state index in [1.807, 2.05) is 0 Å². The molecule has 0 saturated carbocycles. The molecule has 1 N–H and O–H groups in total. The van der Waals surface area contributed by atoms with Crippen LogP contribution >= 0.6 is 0 Å². The molecule has 98 valence electrons. The zero-order valence-corrected chi connectivity index (χ0v) is 9.45. The summed E-state index contributed by atoms with van der Waals surface area (Å²) in [5, 5.41) is 31.4. The van der Waals surface area contributed by atoms with E-state index in [9.17, 15) is 30.1 Å². The van der Waals surface area contributed by atoms with Crippen molar-refractivity contribution in [1.82, 2.24) is 0 Å². The molecule has 0 saturated heterocycles. The van der Waals surface area contributed by atoms with E-state index in [0.717, 1.165) is 6.07 Å². The number of phenols is 1. The lowest BCUT2D eigenvalue weighted by Gasteiger charge is -2.05. The molecule has 0 unspecified atom stereocenters. The SMILES string of the molecule is Cc1c([N+](=O)[O-])c(O)c([N+](=O)[O-])c2oc(=O)ccc12. The van der Waals surface area contributed by atoms with E-state index in [2.05, 4.69) is 4.42 Å². The molecule has 1 aromatic carbocycles. The summed E-state index contributed by atoms with van der Waals surface area (Å²) >= 11 is 0. The van der Waals surface area contributed by atoms with Crippen LogP contribution in [0.3, 0.4) is 0 Å². The minimum Gasteiger partial charge on any atom is -0.497 e. The van der Waals surface area contributed by atoms with Gasteiger partial charge in [-0.05, 0) is 13.0 Å². The number of phenolic OH excluding ortho intramolecular Hbond substituents is 1. The molecule has 0 fully saturated rings. The van der Waals surface area contributed by atoms with E-state index in [0.29, 0.717) is 0 Å². The predicted molar refractivity (Wildman–Crippen MR) is 62.2 cm³/mol. The van der Waals surface area contributed by atoms with Gasteiger partial charge in [0.15, 0.2) is 0 Å². The highest BCUT2D eigenvalue weighted by Gasteiger charge is 2.33. The second-order valence-electron chi connectivity index (χ2n) is 3.68. The summed E-state index contributed by atoms with van der Waals surface area (Å²) in [6.45, 7) is 1.30. The largest absolute Gasteiger partial charge is 0.497 e. The van der Waals surface area contributed by atoms with Crippen LogP contribution < -0.4 is 5.63 Å². The molecule has 9 heteroatoms. The molecule has 1 heterocycles. The normalized spacial score (nSPS) is 10.6. The predicted octanol–water partition coefficient (Wildman–Crippen LogP) is 1.62. The van der Waals surface area contributed by atoms with Crippen LogP contribution in [-0.2, 0) is 0 Å². The first-order valence-electron chi connectivity index (χ1n) is 4.92. The molecule has 0 amide bonds. The van der Waals surface area contributed by atoms with Crippen LogP contribution in [0.2, 0.25) is 0 Å². The van der Waals surface area contributed by atoms with Gasteiger partial charge in [0.1, 0.15) is 0 Å². The lowest BCUT2D eigenvalue weighted by atomic mass is 10.1. The fraction of sp³-hybridized carbons (Fsp3) is 0.100. The van der Waals surface area contributed by atoms with E-state index in [1.54, 1.807) is 0 Å². The van der Waals surface area contributed by atoms with Gasteiger partial charge in [0.2, 0.25) is 5.58 Å². The number of nitro benzene ring substituents is 2. The lowest BCUT2D eigenvalue weighted by molar-refractivity contribution is -0.395. The molecule has 1 aromatic heterocycles. The number of nitrogens with zero attached hydrogens (tertiary/aromatic N) is 2. The summed E-state index contributed by atoms with van der Waals surface area (Å²) in [6.07, 6.45) is 0. The monoisotopic (exact) mass is 266 g/mol. The number of hydrogen-bond donors (Lipinski definition) is 1. The molecule has 2 rings (SSSR count). The Bertz CT molecular complexity index is 778. The molecule has 19 heavy (non-hydrogen) atoms. The van der Waals surface area contributed by atoms with Gasteiger partial charge in [-0.25, -0.2) is 4.79 Å². The topological polar surface area (TPSA) is 137 Å². The highest BCUT2D eigenvalue weighted by atomic mass is 16.6. The van der Waals surface area contributed by atoms with Crippen molar-refractivity contribution in [3.63, 3.8) is 0 Å². The Labute approximate surface area is 104 Å². The van der Waals surface area contributed by atoms with Crippen LogP contribution in [0.15, 0.2) is 21.3 Å². The van der Waals surface area contributed by atoms with Gasteiger partial charge in [-0.1, -0.05) is 0 Å². The molecule has 0 bridgehead atoms. The van der Waals surface area contributed by atoms with Crippen molar-refractivity contribution in [2.24, 2.45) is 0 Å². The molecule has 0 aliphatic heterocycles. The van der Waals surface area contributed by atoms with Crippen molar-refractivity contribution in [1.29, 1.82) is 0 Å². The van der Waals surface area contributed by atoms with Gasteiger partial charge in [0.25, 0.3) is 5.75 Å². The Kier molecular flexibility index (Phi) is 2.66.